The van der Waals surface area contributed by atoms with Crippen molar-refractivity contribution in [1.82, 2.24) is 9.97 Å². The van der Waals surface area contributed by atoms with Crippen molar-refractivity contribution < 1.29 is 0 Å². The highest BCUT2D eigenvalue weighted by atomic mass is 35.5. The number of anilines is 3. The van der Waals surface area contributed by atoms with Crippen LogP contribution in [0.2, 0.25) is 5.02 Å². The molecule has 1 atom stereocenters. The molecular weight excluding hydrogens is 332 g/mol. The van der Waals surface area contributed by atoms with Gasteiger partial charge >= 0.3 is 0 Å². The highest BCUT2D eigenvalue weighted by Crippen LogP contribution is 2.27. The van der Waals surface area contributed by atoms with Gasteiger partial charge < -0.3 is 10.6 Å². The van der Waals surface area contributed by atoms with Crippen molar-refractivity contribution in [3.05, 3.63) is 65.7 Å². The number of hydrogen-bond donors (Lipinski definition) is 2. The molecule has 0 unspecified atom stereocenters. The molecule has 2 aromatic carbocycles. The number of rotatable bonds is 6. The fourth-order valence-electron chi connectivity index (χ4n) is 2.36. The Hall–Kier alpha value is -2.59. The SMILES string of the molecule is CC[C@H](C)Nc1nc(Nc2ccccc2Cl)cc(-c2ccccc2)n1. The van der Waals surface area contributed by atoms with Gasteiger partial charge in [0.2, 0.25) is 5.95 Å². The summed E-state index contributed by atoms with van der Waals surface area (Å²) < 4.78 is 0. The Labute approximate surface area is 153 Å². The normalized spacial score (nSPS) is 11.8. The second-order valence-corrected chi connectivity index (χ2v) is 6.29. The Bertz CT molecular complexity index is 836. The summed E-state index contributed by atoms with van der Waals surface area (Å²) in [6.07, 6.45) is 0.992. The molecule has 0 saturated heterocycles. The zero-order valence-corrected chi connectivity index (χ0v) is 15.1. The van der Waals surface area contributed by atoms with E-state index in [0.29, 0.717) is 22.8 Å². The molecule has 0 saturated carbocycles. The predicted octanol–water partition coefficient (Wildman–Crippen LogP) is 5.75. The quantitative estimate of drug-likeness (QED) is 0.593. The molecular formula is C20H21ClN4. The Morgan fingerprint density at radius 3 is 2.44 bits per heavy atom. The van der Waals surface area contributed by atoms with Crippen molar-refractivity contribution in [3.8, 4) is 11.3 Å². The van der Waals surface area contributed by atoms with Crippen LogP contribution in [0.4, 0.5) is 17.5 Å². The van der Waals surface area contributed by atoms with E-state index in [2.05, 4.69) is 34.4 Å². The zero-order chi connectivity index (χ0) is 17.6. The van der Waals surface area contributed by atoms with E-state index in [9.17, 15) is 0 Å². The van der Waals surface area contributed by atoms with Gasteiger partial charge in [-0.25, -0.2) is 4.98 Å². The molecule has 5 heteroatoms. The topological polar surface area (TPSA) is 49.8 Å². The zero-order valence-electron chi connectivity index (χ0n) is 14.3. The van der Waals surface area contributed by atoms with E-state index < -0.39 is 0 Å². The lowest BCUT2D eigenvalue weighted by Gasteiger charge is -2.15. The highest BCUT2D eigenvalue weighted by molar-refractivity contribution is 6.33. The number of hydrogen-bond acceptors (Lipinski definition) is 4. The minimum Gasteiger partial charge on any atom is -0.352 e. The maximum absolute atomic E-state index is 6.26. The van der Waals surface area contributed by atoms with Gasteiger partial charge in [-0.15, -0.1) is 0 Å². The molecule has 1 aromatic heterocycles. The first-order chi connectivity index (χ1) is 12.2. The summed E-state index contributed by atoms with van der Waals surface area (Å²) in [6.45, 7) is 4.24. The van der Waals surface area contributed by atoms with E-state index in [1.807, 2.05) is 60.7 Å². The van der Waals surface area contributed by atoms with E-state index >= 15 is 0 Å². The fourth-order valence-corrected chi connectivity index (χ4v) is 2.54. The third-order valence-corrected chi connectivity index (χ3v) is 4.25. The molecule has 3 rings (SSSR count). The number of benzene rings is 2. The average Bonchev–Trinajstić information content (AvgIpc) is 2.64. The lowest BCUT2D eigenvalue weighted by Crippen LogP contribution is -2.16. The Balaban J connectivity index is 1.99. The molecule has 128 valence electrons. The van der Waals surface area contributed by atoms with Gasteiger partial charge in [-0.1, -0.05) is 61.0 Å². The molecule has 0 aliphatic heterocycles. The minimum atomic E-state index is 0.291. The summed E-state index contributed by atoms with van der Waals surface area (Å²) in [5.74, 6) is 1.30. The maximum Gasteiger partial charge on any atom is 0.225 e. The summed E-state index contributed by atoms with van der Waals surface area (Å²) in [4.78, 5) is 9.25. The van der Waals surface area contributed by atoms with Crippen LogP contribution in [-0.4, -0.2) is 16.0 Å². The van der Waals surface area contributed by atoms with E-state index in [1.165, 1.54) is 0 Å². The van der Waals surface area contributed by atoms with Crippen LogP contribution in [-0.2, 0) is 0 Å². The van der Waals surface area contributed by atoms with Crippen LogP contribution in [0, 0.1) is 0 Å². The summed E-state index contributed by atoms with van der Waals surface area (Å²) in [6, 6.07) is 19.9. The van der Waals surface area contributed by atoms with E-state index in [-0.39, 0.29) is 0 Å². The number of halogens is 1. The smallest absolute Gasteiger partial charge is 0.225 e. The number of nitrogens with one attached hydrogen (secondary N) is 2. The highest BCUT2D eigenvalue weighted by Gasteiger charge is 2.10. The van der Waals surface area contributed by atoms with Gasteiger partial charge in [0, 0.05) is 17.7 Å². The van der Waals surface area contributed by atoms with Crippen LogP contribution in [0.25, 0.3) is 11.3 Å². The standard InChI is InChI=1S/C20H21ClN4/c1-3-14(2)22-20-24-18(15-9-5-4-6-10-15)13-19(25-20)23-17-12-8-7-11-16(17)21/h4-14H,3H2,1-2H3,(H2,22,23,24,25)/t14-/m0/s1. The molecule has 0 spiro atoms. The summed E-state index contributed by atoms with van der Waals surface area (Å²) in [5.41, 5.74) is 2.71. The van der Waals surface area contributed by atoms with Crippen molar-refractivity contribution in [3.63, 3.8) is 0 Å². The number of para-hydroxylation sites is 1. The van der Waals surface area contributed by atoms with Gasteiger partial charge in [0.1, 0.15) is 5.82 Å². The van der Waals surface area contributed by atoms with Crippen molar-refractivity contribution in [2.45, 2.75) is 26.3 Å². The van der Waals surface area contributed by atoms with Crippen LogP contribution >= 0.6 is 11.6 Å². The first-order valence-corrected chi connectivity index (χ1v) is 8.76. The predicted molar refractivity (Wildman–Crippen MR) is 106 cm³/mol. The van der Waals surface area contributed by atoms with E-state index in [0.717, 1.165) is 23.4 Å². The van der Waals surface area contributed by atoms with Crippen LogP contribution in [0.1, 0.15) is 20.3 Å². The lowest BCUT2D eigenvalue weighted by atomic mass is 10.1. The van der Waals surface area contributed by atoms with Gasteiger partial charge in [-0.2, -0.15) is 4.98 Å². The van der Waals surface area contributed by atoms with Crippen molar-refractivity contribution in [1.29, 1.82) is 0 Å². The molecule has 0 fully saturated rings. The molecule has 25 heavy (non-hydrogen) atoms. The van der Waals surface area contributed by atoms with Crippen molar-refractivity contribution in [2.75, 3.05) is 10.6 Å². The molecule has 0 aliphatic rings. The molecule has 0 bridgehead atoms. The summed E-state index contributed by atoms with van der Waals surface area (Å²) in [7, 11) is 0. The Morgan fingerprint density at radius 1 is 1.00 bits per heavy atom. The largest absolute Gasteiger partial charge is 0.352 e. The second kappa shape index (κ2) is 7.99. The van der Waals surface area contributed by atoms with Crippen LogP contribution in [0.15, 0.2) is 60.7 Å². The molecule has 0 radical (unpaired) electrons. The van der Waals surface area contributed by atoms with E-state index in [4.69, 9.17) is 11.6 Å². The van der Waals surface area contributed by atoms with Gasteiger partial charge in [0.25, 0.3) is 0 Å². The van der Waals surface area contributed by atoms with Crippen molar-refractivity contribution >= 4 is 29.1 Å². The number of aromatic nitrogens is 2. The minimum absolute atomic E-state index is 0.291. The third-order valence-electron chi connectivity index (χ3n) is 3.92. The first kappa shape index (κ1) is 17.2. The molecule has 0 aliphatic carbocycles. The lowest BCUT2D eigenvalue weighted by molar-refractivity contribution is 0.753. The van der Waals surface area contributed by atoms with Crippen LogP contribution < -0.4 is 10.6 Å². The first-order valence-electron chi connectivity index (χ1n) is 8.38. The monoisotopic (exact) mass is 352 g/mol. The summed E-state index contributed by atoms with van der Waals surface area (Å²) >= 11 is 6.26. The second-order valence-electron chi connectivity index (χ2n) is 5.89. The maximum atomic E-state index is 6.26. The van der Waals surface area contributed by atoms with Crippen LogP contribution in [0.5, 0.6) is 0 Å². The van der Waals surface area contributed by atoms with Gasteiger partial charge in [-0.3, -0.25) is 0 Å². The third kappa shape index (κ3) is 4.48. The van der Waals surface area contributed by atoms with Crippen LogP contribution in [0.3, 0.4) is 0 Å². The molecule has 4 nitrogen and oxygen atoms in total. The van der Waals surface area contributed by atoms with E-state index in [1.54, 1.807) is 0 Å². The van der Waals surface area contributed by atoms with Gasteiger partial charge in [0.05, 0.1) is 16.4 Å². The van der Waals surface area contributed by atoms with Gasteiger partial charge in [-0.05, 0) is 25.5 Å². The average molecular weight is 353 g/mol. The molecule has 0 amide bonds. The summed E-state index contributed by atoms with van der Waals surface area (Å²) in [5, 5.41) is 7.29. The molecule has 2 N–H and O–H groups in total. The molecule has 3 aromatic rings. The fraction of sp³-hybridized carbons (Fsp3) is 0.200. The Kier molecular flexibility index (Phi) is 5.51. The van der Waals surface area contributed by atoms with Crippen molar-refractivity contribution in [2.24, 2.45) is 0 Å². The molecule has 1 heterocycles. The number of nitrogens with zero attached hydrogens (tertiary/aromatic N) is 2. The Morgan fingerprint density at radius 2 is 1.72 bits per heavy atom. The van der Waals surface area contributed by atoms with Gasteiger partial charge in [0.15, 0.2) is 0 Å².